The number of aliphatic carboxylic acids is 1. The molecule has 6 nitrogen and oxygen atoms in total. The van der Waals surface area contributed by atoms with Gasteiger partial charge in [-0.05, 0) is 19.4 Å². The molecule has 0 fully saturated rings. The first kappa shape index (κ1) is 20.6. The smallest absolute Gasteiger partial charge is 0.329 e. The van der Waals surface area contributed by atoms with Crippen LogP contribution in [0.2, 0.25) is 0 Å². The van der Waals surface area contributed by atoms with E-state index < -0.39 is 5.97 Å². The largest absolute Gasteiger partial charge is 0.480 e. The Balaban J connectivity index is 1.61. The summed E-state index contributed by atoms with van der Waals surface area (Å²) in [6.45, 7) is 1.65. The van der Waals surface area contributed by atoms with Crippen LogP contribution < -0.4 is 5.32 Å². The van der Waals surface area contributed by atoms with Gasteiger partial charge in [0, 0.05) is 24.3 Å². The van der Waals surface area contributed by atoms with Crippen molar-refractivity contribution >= 4 is 5.97 Å². The fourth-order valence-electron chi connectivity index (χ4n) is 2.95. The van der Waals surface area contributed by atoms with Crippen LogP contribution in [0.3, 0.4) is 0 Å². The number of nitrogens with one attached hydrogen (secondary N) is 1. The molecule has 0 aliphatic rings. The summed E-state index contributed by atoms with van der Waals surface area (Å²) < 4.78 is 5.03. The maximum Gasteiger partial charge on any atom is 0.329 e. The van der Waals surface area contributed by atoms with E-state index in [1.165, 1.54) is 0 Å². The maximum absolute atomic E-state index is 10.4. The van der Waals surface area contributed by atoms with Crippen LogP contribution in [0.25, 0.3) is 22.5 Å². The SMILES string of the molecule is O=C(O)COCCCCNCc1cnc(-c2ccccc2)c(-c2ccccc2)n1. The summed E-state index contributed by atoms with van der Waals surface area (Å²) in [6, 6.07) is 20.2. The molecule has 1 aromatic heterocycles. The zero-order chi connectivity index (χ0) is 20.3. The molecule has 0 atom stereocenters. The van der Waals surface area contributed by atoms with Gasteiger partial charge in [0.05, 0.1) is 23.3 Å². The third kappa shape index (κ3) is 6.48. The van der Waals surface area contributed by atoms with Gasteiger partial charge in [-0.15, -0.1) is 0 Å². The molecule has 2 N–H and O–H groups in total. The Labute approximate surface area is 170 Å². The molecule has 0 amide bonds. The average Bonchev–Trinajstić information content (AvgIpc) is 2.76. The van der Waals surface area contributed by atoms with E-state index in [4.69, 9.17) is 19.8 Å². The van der Waals surface area contributed by atoms with Crippen LogP contribution >= 0.6 is 0 Å². The van der Waals surface area contributed by atoms with Crippen molar-refractivity contribution in [2.45, 2.75) is 19.4 Å². The second kappa shape index (κ2) is 11.0. The Morgan fingerprint density at radius 1 is 0.931 bits per heavy atom. The predicted molar refractivity (Wildman–Crippen MR) is 112 cm³/mol. The van der Waals surface area contributed by atoms with Crippen molar-refractivity contribution in [1.82, 2.24) is 15.3 Å². The van der Waals surface area contributed by atoms with E-state index in [0.29, 0.717) is 13.2 Å². The molecule has 0 aliphatic carbocycles. The number of carbonyl (C=O) groups is 1. The molecule has 0 saturated heterocycles. The molecule has 0 spiro atoms. The van der Waals surface area contributed by atoms with Gasteiger partial charge >= 0.3 is 5.97 Å². The first-order valence-electron chi connectivity index (χ1n) is 9.71. The maximum atomic E-state index is 10.4. The van der Waals surface area contributed by atoms with Gasteiger partial charge in [0.25, 0.3) is 0 Å². The minimum Gasteiger partial charge on any atom is -0.480 e. The molecule has 6 heteroatoms. The van der Waals surface area contributed by atoms with Crippen LogP contribution in [0.15, 0.2) is 66.9 Å². The highest BCUT2D eigenvalue weighted by atomic mass is 16.5. The third-order valence-corrected chi connectivity index (χ3v) is 4.34. The van der Waals surface area contributed by atoms with Crippen LogP contribution in [0.4, 0.5) is 0 Å². The van der Waals surface area contributed by atoms with E-state index in [1.807, 2.05) is 66.9 Å². The third-order valence-electron chi connectivity index (χ3n) is 4.34. The zero-order valence-corrected chi connectivity index (χ0v) is 16.3. The standard InChI is InChI=1S/C23H25N3O3/c27-21(28)17-29-14-8-7-13-24-15-20-16-25-22(18-9-3-1-4-10-18)23(26-20)19-11-5-2-6-12-19/h1-6,9-12,16,24H,7-8,13-15,17H2,(H,27,28). The minimum atomic E-state index is -0.935. The molecular formula is C23H25N3O3. The fraction of sp³-hybridized carbons (Fsp3) is 0.261. The Morgan fingerprint density at radius 2 is 1.59 bits per heavy atom. The summed E-state index contributed by atoms with van der Waals surface area (Å²) in [5.74, 6) is -0.935. The Kier molecular flexibility index (Phi) is 7.86. The van der Waals surface area contributed by atoms with Crippen molar-refractivity contribution in [3.63, 3.8) is 0 Å². The van der Waals surface area contributed by atoms with Gasteiger partial charge in [-0.3, -0.25) is 4.98 Å². The second-order valence-corrected chi connectivity index (χ2v) is 6.62. The highest BCUT2D eigenvalue weighted by Gasteiger charge is 2.11. The van der Waals surface area contributed by atoms with E-state index in [0.717, 1.165) is 47.6 Å². The van der Waals surface area contributed by atoms with Crippen LogP contribution in [0.1, 0.15) is 18.5 Å². The first-order chi connectivity index (χ1) is 14.2. The molecule has 0 saturated carbocycles. The van der Waals surface area contributed by atoms with E-state index >= 15 is 0 Å². The summed E-state index contributed by atoms with van der Waals surface area (Å²) in [5, 5.41) is 11.9. The molecule has 1 heterocycles. The number of unbranched alkanes of at least 4 members (excludes halogenated alkanes) is 1. The molecule has 2 aromatic carbocycles. The lowest BCUT2D eigenvalue weighted by Crippen LogP contribution is -2.17. The molecule has 3 aromatic rings. The predicted octanol–water partition coefficient (Wildman–Crippen LogP) is 3.78. The molecule has 150 valence electrons. The highest BCUT2D eigenvalue weighted by molar-refractivity contribution is 5.77. The van der Waals surface area contributed by atoms with Crippen molar-refractivity contribution < 1.29 is 14.6 Å². The fourth-order valence-corrected chi connectivity index (χ4v) is 2.95. The van der Waals surface area contributed by atoms with E-state index in [9.17, 15) is 4.79 Å². The molecular weight excluding hydrogens is 366 g/mol. The van der Waals surface area contributed by atoms with E-state index in [2.05, 4.69) is 5.32 Å². The summed E-state index contributed by atoms with van der Waals surface area (Å²) in [7, 11) is 0. The van der Waals surface area contributed by atoms with Gasteiger partial charge in [0.15, 0.2) is 0 Å². The van der Waals surface area contributed by atoms with Crippen molar-refractivity contribution in [3.05, 3.63) is 72.6 Å². The molecule has 0 bridgehead atoms. The number of hydrogen-bond acceptors (Lipinski definition) is 5. The minimum absolute atomic E-state index is 0.237. The molecule has 0 unspecified atom stereocenters. The van der Waals surface area contributed by atoms with Crippen molar-refractivity contribution in [3.8, 4) is 22.5 Å². The van der Waals surface area contributed by atoms with Crippen molar-refractivity contribution in [1.29, 1.82) is 0 Å². The number of benzene rings is 2. The average molecular weight is 391 g/mol. The Hall–Kier alpha value is -3.09. The molecule has 0 aliphatic heterocycles. The van der Waals surface area contributed by atoms with Crippen LogP contribution in [0, 0.1) is 0 Å². The summed E-state index contributed by atoms with van der Waals surface area (Å²) in [5.41, 5.74) is 4.70. The Morgan fingerprint density at radius 3 is 2.24 bits per heavy atom. The topological polar surface area (TPSA) is 84.3 Å². The van der Waals surface area contributed by atoms with Crippen molar-refractivity contribution in [2.75, 3.05) is 19.8 Å². The van der Waals surface area contributed by atoms with Gasteiger partial charge < -0.3 is 15.2 Å². The van der Waals surface area contributed by atoms with Gasteiger partial charge in [0.1, 0.15) is 6.61 Å². The number of carboxylic acids is 1. The number of ether oxygens (including phenoxy) is 1. The summed E-state index contributed by atoms with van der Waals surface area (Å²) in [4.78, 5) is 20.0. The van der Waals surface area contributed by atoms with E-state index in [1.54, 1.807) is 0 Å². The second-order valence-electron chi connectivity index (χ2n) is 6.62. The van der Waals surface area contributed by atoms with Gasteiger partial charge in [-0.25, -0.2) is 9.78 Å². The molecule has 29 heavy (non-hydrogen) atoms. The first-order valence-corrected chi connectivity index (χ1v) is 9.71. The van der Waals surface area contributed by atoms with Crippen molar-refractivity contribution in [2.24, 2.45) is 0 Å². The normalized spacial score (nSPS) is 10.8. The van der Waals surface area contributed by atoms with Crippen LogP contribution in [-0.2, 0) is 16.1 Å². The summed E-state index contributed by atoms with van der Waals surface area (Å²) >= 11 is 0. The quantitative estimate of drug-likeness (QED) is 0.484. The number of rotatable bonds is 11. The Bertz CT molecular complexity index is 902. The van der Waals surface area contributed by atoms with Gasteiger partial charge in [0.2, 0.25) is 0 Å². The summed E-state index contributed by atoms with van der Waals surface area (Å²) in [6.07, 6.45) is 3.53. The zero-order valence-electron chi connectivity index (χ0n) is 16.3. The lowest BCUT2D eigenvalue weighted by Gasteiger charge is -2.11. The monoisotopic (exact) mass is 391 g/mol. The van der Waals surface area contributed by atoms with E-state index in [-0.39, 0.29) is 6.61 Å². The van der Waals surface area contributed by atoms with Crippen LogP contribution in [-0.4, -0.2) is 40.8 Å². The molecule has 3 rings (SSSR count). The highest BCUT2D eigenvalue weighted by Crippen LogP contribution is 2.28. The lowest BCUT2D eigenvalue weighted by atomic mass is 10.0. The van der Waals surface area contributed by atoms with Crippen LogP contribution in [0.5, 0.6) is 0 Å². The van der Waals surface area contributed by atoms with Gasteiger partial charge in [-0.2, -0.15) is 0 Å². The number of hydrogen-bond donors (Lipinski definition) is 2. The molecule has 0 radical (unpaired) electrons. The number of aromatic nitrogens is 2. The lowest BCUT2D eigenvalue weighted by molar-refractivity contribution is -0.142. The number of nitrogens with zero attached hydrogens (tertiary/aromatic N) is 2. The number of carboxylic acid groups (broad SMARTS) is 1. The van der Waals surface area contributed by atoms with Gasteiger partial charge in [-0.1, -0.05) is 60.7 Å².